The lowest BCUT2D eigenvalue weighted by Crippen LogP contribution is -2.33. The van der Waals surface area contributed by atoms with E-state index in [1.165, 1.54) is 0 Å². The highest BCUT2D eigenvalue weighted by Crippen LogP contribution is 2.17. The molecular formula is C15H18N2O3S. The maximum atomic E-state index is 12.6. The van der Waals surface area contributed by atoms with Crippen LogP contribution < -0.4 is 0 Å². The second kappa shape index (κ2) is 5.18. The molecule has 21 heavy (non-hydrogen) atoms. The summed E-state index contributed by atoms with van der Waals surface area (Å²) in [7, 11) is -3.07. The van der Waals surface area contributed by atoms with Crippen molar-refractivity contribution < 1.29 is 13.2 Å². The molecule has 0 aromatic carbocycles. The summed E-state index contributed by atoms with van der Waals surface area (Å²) in [6.45, 7) is 2.49. The standard InChI is InChI=1S/C15H18N2O3S/c1-12-5-7-16(8-9-21(12,19)20)15(18)13-10-14-4-2-3-6-17(14)11-13/h2-4,6,10-12H,5,7-9H2,1H3/t12-/m0/s1. The average molecular weight is 306 g/mol. The van der Waals surface area contributed by atoms with Crippen molar-refractivity contribution in [3.63, 3.8) is 0 Å². The van der Waals surface area contributed by atoms with Gasteiger partial charge in [0.2, 0.25) is 0 Å². The third-order valence-corrected chi connectivity index (χ3v) is 6.32. The third-order valence-electron chi connectivity index (χ3n) is 4.10. The molecule has 2 aromatic rings. The summed E-state index contributed by atoms with van der Waals surface area (Å²) in [5.74, 6) is -0.0456. The van der Waals surface area contributed by atoms with Crippen molar-refractivity contribution in [1.82, 2.24) is 9.30 Å². The summed E-state index contributed by atoms with van der Waals surface area (Å²) < 4.78 is 25.7. The summed E-state index contributed by atoms with van der Waals surface area (Å²) in [4.78, 5) is 14.2. The van der Waals surface area contributed by atoms with Crippen LogP contribution in [0, 0.1) is 0 Å². The molecule has 3 rings (SSSR count). The fourth-order valence-electron chi connectivity index (χ4n) is 2.63. The molecule has 0 aliphatic carbocycles. The van der Waals surface area contributed by atoms with Crippen LogP contribution in [0.5, 0.6) is 0 Å². The van der Waals surface area contributed by atoms with E-state index < -0.39 is 9.84 Å². The van der Waals surface area contributed by atoms with Gasteiger partial charge in [0.1, 0.15) is 0 Å². The molecule has 1 atom stereocenters. The topological polar surface area (TPSA) is 58.9 Å². The number of aromatic nitrogens is 1. The third kappa shape index (κ3) is 2.68. The second-order valence-corrected chi connectivity index (χ2v) is 8.06. The lowest BCUT2D eigenvalue weighted by atomic mass is 10.2. The zero-order valence-corrected chi connectivity index (χ0v) is 12.7. The van der Waals surface area contributed by atoms with E-state index in [-0.39, 0.29) is 23.5 Å². The first-order valence-corrected chi connectivity index (χ1v) is 8.76. The molecule has 6 heteroatoms. The summed E-state index contributed by atoms with van der Waals surface area (Å²) in [6, 6.07) is 7.60. The molecule has 3 heterocycles. The Morgan fingerprint density at radius 2 is 2.10 bits per heavy atom. The van der Waals surface area contributed by atoms with Gasteiger partial charge in [0, 0.05) is 31.0 Å². The number of pyridine rings is 1. The fraction of sp³-hybridized carbons (Fsp3) is 0.400. The number of sulfone groups is 1. The van der Waals surface area contributed by atoms with Crippen LogP contribution in [0.15, 0.2) is 36.7 Å². The van der Waals surface area contributed by atoms with Gasteiger partial charge < -0.3 is 9.30 Å². The van der Waals surface area contributed by atoms with Crippen LogP contribution >= 0.6 is 0 Å². The molecule has 0 radical (unpaired) electrons. The highest BCUT2D eigenvalue weighted by Gasteiger charge is 2.29. The number of nitrogens with zero attached hydrogens (tertiary/aromatic N) is 2. The minimum atomic E-state index is -3.07. The monoisotopic (exact) mass is 306 g/mol. The molecule has 1 aliphatic heterocycles. The van der Waals surface area contributed by atoms with Crippen molar-refractivity contribution in [2.75, 3.05) is 18.8 Å². The van der Waals surface area contributed by atoms with Crippen LogP contribution in [0.3, 0.4) is 0 Å². The van der Waals surface area contributed by atoms with Crippen molar-refractivity contribution in [1.29, 1.82) is 0 Å². The van der Waals surface area contributed by atoms with E-state index in [1.807, 2.05) is 34.9 Å². The van der Waals surface area contributed by atoms with Gasteiger partial charge in [-0.2, -0.15) is 0 Å². The van der Waals surface area contributed by atoms with Crippen LogP contribution in [0.1, 0.15) is 23.7 Å². The molecule has 0 saturated carbocycles. The van der Waals surface area contributed by atoms with E-state index in [0.717, 1.165) is 5.52 Å². The van der Waals surface area contributed by atoms with Crippen LogP contribution in [0.2, 0.25) is 0 Å². The summed E-state index contributed by atoms with van der Waals surface area (Å²) in [6.07, 6.45) is 4.18. The lowest BCUT2D eigenvalue weighted by Gasteiger charge is -2.18. The molecule has 1 amide bonds. The van der Waals surface area contributed by atoms with Crippen molar-refractivity contribution in [2.45, 2.75) is 18.6 Å². The summed E-state index contributed by atoms with van der Waals surface area (Å²) in [5, 5.41) is -0.372. The normalized spacial score (nSPS) is 22.1. The van der Waals surface area contributed by atoms with Crippen molar-refractivity contribution in [2.24, 2.45) is 0 Å². The van der Waals surface area contributed by atoms with E-state index in [4.69, 9.17) is 0 Å². The van der Waals surface area contributed by atoms with E-state index >= 15 is 0 Å². The average Bonchev–Trinajstić information content (AvgIpc) is 2.84. The molecular weight excluding hydrogens is 288 g/mol. The van der Waals surface area contributed by atoms with E-state index in [2.05, 4.69) is 0 Å². The van der Waals surface area contributed by atoms with Crippen LogP contribution in [-0.4, -0.2) is 47.7 Å². The Balaban J connectivity index is 1.85. The van der Waals surface area contributed by atoms with Gasteiger partial charge in [-0.3, -0.25) is 4.79 Å². The second-order valence-electron chi connectivity index (χ2n) is 5.52. The molecule has 0 unspecified atom stereocenters. The Labute approximate surface area is 124 Å². The number of amides is 1. The number of hydrogen-bond acceptors (Lipinski definition) is 3. The maximum Gasteiger partial charge on any atom is 0.255 e. The highest BCUT2D eigenvalue weighted by atomic mass is 32.2. The highest BCUT2D eigenvalue weighted by molar-refractivity contribution is 7.92. The van der Waals surface area contributed by atoms with Crippen LogP contribution in [0.25, 0.3) is 5.52 Å². The minimum Gasteiger partial charge on any atom is -0.338 e. The molecule has 0 spiro atoms. The quantitative estimate of drug-likeness (QED) is 0.804. The van der Waals surface area contributed by atoms with Crippen LogP contribution in [0.4, 0.5) is 0 Å². The molecule has 5 nitrogen and oxygen atoms in total. The Bertz CT molecular complexity index is 746. The zero-order chi connectivity index (χ0) is 15.0. The first-order valence-electron chi connectivity index (χ1n) is 7.05. The van der Waals surface area contributed by atoms with Crippen molar-refractivity contribution >= 4 is 21.3 Å². The Hall–Kier alpha value is -1.82. The van der Waals surface area contributed by atoms with E-state index in [0.29, 0.717) is 18.5 Å². The Morgan fingerprint density at radius 3 is 2.86 bits per heavy atom. The first-order chi connectivity index (χ1) is 9.97. The first kappa shape index (κ1) is 14.1. The molecule has 0 N–H and O–H groups in total. The number of carbonyl (C=O) groups is 1. The molecule has 1 aliphatic rings. The molecule has 112 valence electrons. The molecule has 2 aromatic heterocycles. The number of hydrogen-bond donors (Lipinski definition) is 0. The largest absolute Gasteiger partial charge is 0.338 e. The van der Waals surface area contributed by atoms with Gasteiger partial charge in [-0.1, -0.05) is 6.07 Å². The molecule has 1 fully saturated rings. The number of fused-ring (bicyclic) bond motifs is 1. The van der Waals surface area contributed by atoms with Gasteiger partial charge in [-0.05, 0) is 31.5 Å². The van der Waals surface area contributed by atoms with Crippen molar-refractivity contribution in [3.05, 3.63) is 42.2 Å². The van der Waals surface area contributed by atoms with E-state index in [1.54, 1.807) is 18.0 Å². The van der Waals surface area contributed by atoms with Crippen LogP contribution in [-0.2, 0) is 9.84 Å². The number of carbonyl (C=O) groups excluding carboxylic acids is 1. The van der Waals surface area contributed by atoms with Crippen molar-refractivity contribution in [3.8, 4) is 0 Å². The molecule has 1 saturated heterocycles. The van der Waals surface area contributed by atoms with Gasteiger partial charge >= 0.3 is 0 Å². The summed E-state index contributed by atoms with van der Waals surface area (Å²) in [5.41, 5.74) is 1.56. The smallest absolute Gasteiger partial charge is 0.255 e. The Kier molecular flexibility index (Phi) is 3.49. The van der Waals surface area contributed by atoms with Gasteiger partial charge in [0.15, 0.2) is 9.84 Å². The SMILES string of the molecule is C[C@H]1CCN(C(=O)c2cc3ccccn3c2)CCS1(=O)=O. The summed E-state index contributed by atoms with van der Waals surface area (Å²) >= 11 is 0. The Morgan fingerprint density at radius 1 is 1.29 bits per heavy atom. The van der Waals surface area contributed by atoms with Gasteiger partial charge in [-0.15, -0.1) is 0 Å². The zero-order valence-electron chi connectivity index (χ0n) is 11.9. The van der Waals surface area contributed by atoms with E-state index in [9.17, 15) is 13.2 Å². The van der Waals surface area contributed by atoms with Gasteiger partial charge in [0.05, 0.1) is 16.6 Å². The molecule has 0 bridgehead atoms. The minimum absolute atomic E-state index is 0.0489. The fourth-order valence-corrected chi connectivity index (χ4v) is 3.97. The van der Waals surface area contributed by atoms with Gasteiger partial charge in [-0.25, -0.2) is 8.42 Å². The lowest BCUT2D eigenvalue weighted by molar-refractivity contribution is 0.0767. The predicted molar refractivity (Wildman–Crippen MR) is 81.2 cm³/mol. The number of rotatable bonds is 1. The van der Waals surface area contributed by atoms with Gasteiger partial charge in [0.25, 0.3) is 5.91 Å². The maximum absolute atomic E-state index is 12.6. The predicted octanol–water partition coefficient (Wildman–Crippen LogP) is 1.59.